The Bertz CT molecular complexity index is 588. The molecule has 6 heteroatoms. The average Bonchev–Trinajstić information content (AvgIpc) is 3.53. The van der Waals surface area contributed by atoms with Crippen molar-refractivity contribution in [2.24, 2.45) is 17.6 Å². The minimum absolute atomic E-state index is 0.163. The Labute approximate surface area is 161 Å². The van der Waals surface area contributed by atoms with Crippen LogP contribution in [-0.2, 0) is 11.2 Å². The number of rotatable bonds is 9. The largest absolute Gasteiger partial charge is 0.390 e. The first-order valence-electron chi connectivity index (χ1n) is 10.4. The summed E-state index contributed by atoms with van der Waals surface area (Å²) in [6.07, 6.45) is 10.6. The van der Waals surface area contributed by atoms with E-state index >= 15 is 0 Å². The molecule has 5 N–H and O–H groups in total. The van der Waals surface area contributed by atoms with Crippen molar-refractivity contribution in [1.82, 2.24) is 10.3 Å². The fourth-order valence-corrected chi connectivity index (χ4v) is 4.18. The molecule has 0 saturated heterocycles. The van der Waals surface area contributed by atoms with E-state index in [2.05, 4.69) is 10.3 Å². The predicted octanol–water partition coefficient (Wildman–Crippen LogP) is 1.54. The van der Waals surface area contributed by atoms with E-state index in [0.717, 1.165) is 31.2 Å². The third kappa shape index (κ3) is 5.99. The Morgan fingerprint density at radius 3 is 2.44 bits per heavy atom. The smallest absolute Gasteiger partial charge is 0.237 e. The summed E-state index contributed by atoms with van der Waals surface area (Å²) in [6, 6.07) is 2.56. The molecule has 2 aliphatic carbocycles. The Hall–Kier alpha value is -1.50. The van der Waals surface area contributed by atoms with Crippen LogP contribution in [0.2, 0.25) is 0 Å². The third-order valence-corrected chi connectivity index (χ3v) is 6.05. The molecule has 1 heterocycles. The van der Waals surface area contributed by atoms with Gasteiger partial charge in [-0.05, 0) is 55.2 Å². The second-order valence-electron chi connectivity index (χ2n) is 8.34. The number of nitrogens with two attached hydrogens (primary N) is 1. The minimum Gasteiger partial charge on any atom is -0.390 e. The van der Waals surface area contributed by atoms with Crippen LogP contribution >= 0.6 is 0 Å². The average molecular weight is 376 g/mol. The normalized spacial score (nSPS) is 22.6. The number of aliphatic hydroxyl groups is 2. The lowest BCUT2D eigenvalue weighted by atomic mass is 9.82. The standard InChI is InChI=1S/C21H33N3O3/c22-17(12-15-8-10-23-11-9-15)21(27)24-18(13-14-4-2-1-3-5-14)20(26)19(25)16-6-7-16/h8-11,14,16-20,25-26H,1-7,12-13,22H2,(H,24,27)/t17-,18-,19-,20+/m0/s1. The summed E-state index contributed by atoms with van der Waals surface area (Å²) in [6.45, 7) is 0. The third-order valence-electron chi connectivity index (χ3n) is 6.05. The van der Waals surface area contributed by atoms with E-state index in [0.29, 0.717) is 18.8 Å². The molecule has 4 atom stereocenters. The molecule has 0 aromatic carbocycles. The molecule has 1 aromatic heterocycles. The number of pyridine rings is 1. The van der Waals surface area contributed by atoms with Crippen molar-refractivity contribution in [3.05, 3.63) is 30.1 Å². The topological polar surface area (TPSA) is 108 Å². The highest BCUT2D eigenvalue weighted by Gasteiger charge is 2.39. The van der Waals surface area contributed by atoms with Gasteiger partial charge in [0.05, 0.1) is 18.2 Å². The van der Waals surface area contributed by atoms with E-state index in [4.69, 9.17) is 5.73 Å². The van der Waals surface area contributed by atoms with Gasteiger partial charge < -0.3 is 21.3 Å². The van der Waals surface area contributed by atoms with Crippen molar-refractivity contribution < 1.29 is 15.0 Å². The van der Waals surface area contributed by atoms with Gasteiger partial charge in [0.2, 0.25) is 5.91 Å². The number of hydrogen-bond donors (Lipinski definition) is 4. The second kappa shape index (κ2) is 9.62. The molecule has 150 valence electrons. The van der Waals surface area contributed by atoms with E-state index in [9.17, 15) is 15.0 Å². The monoisotopic (exact) mass is 375 g/mol. The maximum Gasteiger partial charge on any atom is 0.237 e. The summed E-state index contributed by atoms with van der Waals surface area (Å²) < 4.78 is 0. The maximum absolute atomic E-state index is 12.7. The molecular formula is C21H33N3O3. The number of carbonyl (C=O) groups is 1. The van der Waals surface area contributed by atoms with Gasteiger partial charge >= 0.3 is 0 Å². The second-order valence-corrected chi connectivity index (χ2v) is 8.34. The summed E-state index contributed by atoms with van der Waals surface area (Å²) >= 11 is 0. The van der Waals surface area contributed by atoms with Gasteiger partial charge in [-0.3, -0.25) is 9.78 Å². The van der Waals surface area contributed by atoms with Gasteiger partial charge in [-0.25, -0.2) is 0 Å². The minimum atomic E-state index is -0.934. The van der Waals surface area contributed by atoms with E-state index in [1.165, 1.54) is 19.3 Å². The molecule has 3 rings (SSSR count). The van der Waals surface area contributed by atoms with Crippen LogP contribution in [0.15, 0.2) is 24.5 Å². The molecule has 2 fully saturated rings. The first-order valence-corrected chi connectivity index (χ1v) is 10.4. The lowest BCUT2D eigenvalue weighted by Gasteiger charge is -2.33. The van der Waals surface area contributed by atoms with Gasteiger partial charge in [-0.1, -0.05) is 32.1 Å². The highest BCUT2D eigenvalue weighted by atomic mass is 16.3. The van der Waals surface area contributed by atoms with Crippen LogP contribution in [0, 0.1) is 11.8 Å². The summed E-state index contributed by atoms with van der Waals surface area (Å²) in [4.78, 5) is 16.6. The molecule has 1 amide bonds. The Balaban J connectivity index is 1.60. The van der Waals surface area contributed by atoms with Gasteiger partial charge in [-0.2, -0.15) is 0 Å². The quantitative estimate of drug-likeness (QED) is 0.523. The van der Waals surface area contributed by atoms with Crippen LogP contribution in [0.1, 0.15) is 56.9 Å². The molecule has 6 nitrogen and oxygen atoms in total. The molecular weight excluding hydrogens is 342 g/mol. The summed E-state index contributed by atoms with van der Waals surface area (Å²) in [5, 5.41) is 24.1. The summed E-state index contributed by atoms with van der Waals surface area (Å²) in [5.41, 5.74) is 7.06. The fourth-order valence-electron chi connectivity index (χ4n) is 4.18. The van der Waals surface area contributed by atoms with Crippen LogP contribution in [-0.4, -0.2) is 45.4 Å². The van der Waals surface area contributed by atoms with Crippen LogP contribution in [0.3, 0.4) is 0 Å². The number of nitrogens with one attached hydrogen (secondary N) is 1. The van der Waals surface area contributed by atoms with Gasteiger partial charge in [-0.15, -0.1) is 0 Å². The number of amides is 1. The van der Waals surface area contributed by atoms with Crippen molar-refractivity contribution in [1.29, 1.82) is 0 Å². The van der Waals surface area contributed by atoms with Crippen molar-refractivity contribution >= 4 is 5.91 Å². The fraction of sp³-hybridized carbons (Fsp3) is 0.714. The van der Waals surface area contributed by atoms with E-state index in [1.807, 2.05) is 12.1 Å². The van der Waals surface area contributed by atoms with Crippen molar-refractivity contribution in [3.8, 4) is 0 Å². The van der Waals surface area contributed by atoms with E-state index in [-0.39, 0.29) is 11.8 Å². The molecule has 27 heavy (non-hydrogen) atoms. The Morgan fingerprint density at radius 1 is 1.15 bits per heavy atom. The predicted molar refractivity (Wildman–Crippen MR) is 104 cm³/mol. The van der Waals surface area contributed by atoms with Crippen molar-refractivity contribution in [2.45, 2.75) is 82.1 Å². The van der Waals surface area contributed by atoms with Crippen molar-refractivity contribution in [2.75, 3.05) is 0 Å². The summed E-state index contributed by atoms with van der Waals surface area (Å²) in [7, 11) is 0. The van der Waals surface area contributed by atoms with Crippen LogP contribution in [0.25, 0.3) is 0 Å². The zero-order valence-corrected chi connectivity index (χ0v) is 16.0. The molecule has 1 aromatic rings. The molecule has 0 aliphatic heterocycles. The molecule has 0 radical (unpaired) electrons. The summed E-state index contributed by atoms with van der Waals surface area (Å²) in [5.74, 6) is 0.382. The number of aliphatic hydroxyl groups excluding tert-OH is 2. The zero-order valence-electron chi connectivity index (χ0n) is 16.0. The molecule has 0 bridgehead atoms. The SMILES string of the molecule is N[C@@H](Cc1ccncc1)C(=O)N[C@@H](CC1CCCCC1)[C@@H](O)[C@@H](O)C1CC1. The number of aromatic nitrogens is 1. The molecule has 2 aliphatic rings. The molecule has 2 saturated carbocycles. The lowest BCUT2D eigenvalue weighted by Crippen LogP contribution is -2.54. The molecule has 0 spiro atoms. The number of hydrogen-bond acceptors (Lipinski definition) is 5. The highest BCUT2D eigenvalue weighted by Crippen LogP contribution is 2.36. The van der Waals surface area contributed by atoms with Crippen LogP contribution < -0.4 is 11.1 Å². The van der Waals surface area contributed by atoms with Gasteiger partial charge in [0.25, 0.3) is 0 Å². The first kappa shape index (κ1) is 20.2. The van der Waals surface area contributed by atoms with Crippen LogP contribution in [0.5, 0.6) is 0 Å². The van der Waals surface area contributed by atoms with Gasteiger partial charge in [0.15, 0.2) is 0 Å². The zero-order chi connectivity index (χ0) is 19.2. The van der Waals surface area contributed by atoms with E-state index in [1.54, 1.807) is 12.4 Å². The Morgan fingerprint density at radius 2 is 1.81 bits per heavy atom. The van der Waals surface area contributed by atoms with Gasteiger partial charge in [0.1, 0.15) is 6.10 Å². The van der Waals surface area contributed by atoms with E-state index < -0.39 is 24.3 Å². The number of nitrogens with zero attached hydrogens (tertiary/aromatic N) is 1. The molecule has 0 unspecified atom stereocenters. The first-order chi connectivity index (χ1) is 13.0. The number of carbonyl (C=O) groups excluding carboxylic acids is 1. The Kier molecular flexibility index (Phi) is 7.21. The van der Waals surface area contributed by atoms with Crippen LogP contribution in [0.4, 0.5) is 0 Å². The highest BCUT2D eigenvalue weighted by molar-refractivity contribution is 5.82. The maximum atomic E-state index is 12.7. The van der Waals surface area contributed by atoms with Gasteiger partial charge in [0, 0.05) is 12.4 Å². The van der Waals surface area contributed by atoms with Crippen molar-refractivity contribution in [3.63, 3.8) is 0 Å². The lowest BCUT2D eigenvalue weighted by molar-refractivity contribution is -0.125.